The van der Waals surface area contributed by atoms with Gasteiger partial charge in [-0.25, -0.2) is 0 Å². The van der Waals surface area contributed by atoms with E-state index in [4.69, 9.17) is 0 Å². The van der Waals surface area contributed by atoms with Gasteiger partial charge in [-0.3, -0.25) is 4.68 Å². The summed E-state index contributed by atoms with van der Waals surface area (Å²) in [6.45, 7) is 2.28. The van der Waals surface area contributed by atoms with Gasteiger partial charge in [0.2, 0.25) is 0 Å². The second kappa shape index (κ2) is 4.58. The smallest absolute Gasteiger partial charge is 0.0703 e. The minimum atomic E-state index is -0.515. The van der Waals surface area contributed by atoms with Crippen molar-refractivity contribution in [2.24, 2.45) is 13.0 Å². The van der Waals surface area contributed by atoms with Gasteiger partial charge in [0.25, 0.3) is 0 Å². The minimum absolute atomic E-state index is 0.515. The van der Waals surface area contributed by atoms with E-state index in [1.54, 1.807) is 4.68 Å². The van der Waals surface area contributed by atoms with Crippen molar-refractivity contribution in [1.29, 1.82) is 0 Å². The normalized spacial score (nSPS) is 31.3. The Kier molecular flexibility index (Phi) is 3.33. The maximum Gasteiger partial charge on any atom is 0.0703 e. The molecule has 0 aromatic carbocycles. The first-order valence-electron chi connectivity index (χ1n) is 6.28. The van der Waals surface area contributed by atoms with Crippen LogP contribution in [-0.4, -0.2) is 20.5 Å². The Bertz CT molecular complexity index is 347. The topological polar surface area (TPSA) is 38.0 Å². The van der Waals surface area contributed by atoms with Crippen molar-refractivity contribution in [3.8, 4) is 0 Å². The summed E-state index contributed by atoms with van der Waals surface area (Å²) in [6, 6.07) is 2.01. The first-order valence-corrected chi connectivity index (χ1v) is 6.28. The van der Waals surface area contributed by atoms with Gasteiger partial charge in [0.05, 0.1) is 11.3 Å². The van der Waals surface area contributed by atoms with Crippen LogP contribution in [0.15, 0.2) is 12.3 Å². The number of nitrogens with zero attached hydrogens (tertiary/aromatic N) is 2. The molecule has 2 unspecified atom stereocenters. The number of aromatic nitrogens is 2. The van der Waals surface area contributed by atoms with E-state index < -0.39 is 5.60 Å². The van der Waals surface area contributed by atoms with Gasteiger partial charge in [-0.05, 0) is 31.2 Å². The molecule has 0 amide bonds. The van der Waals surface area contributed by atoms with Crippen LogP contribution in [0.3, 0.4) is 0 Å². The van der Waals surface area contributed by atoms with Gasteiger partial charge in [-0.2, -0.15) is 5.10 Å². The summed E-state index contributed by atoms with van der Waals surface area (Å²) in [5.41, 5.74) is 0.499. The lowest BCUT2D eigenvalue weighted by atomic mass is 9.89. The summed E-state index contributed by atoms with van der Waals surface area (Å²) in [5.74, 6) is 0.762. The second-order valence-corrected chi connectivity index (χ2v) is 5.42. The van der Waals surface area contributed by atoms with Crippen molar-refractivity contribution in [2.75, 3.05) is 0 Å². The predicted octanol–water partition coefficient (Wildman–Crippen LogP) is 2.29. The molecule has 3 heteroatoms. The van der Waals surface area contributed by atoms with E-state index in [-0.39, 0.29) is 0 Å². The Morgan fingerprint density at radius 1 is 1.50 bits per heavy atom. The molecule has 1 heterocycles. The molecule has 1 aliphatic rings. The van der Waals surface area contributed by atoms with Crippen molar-refractivity contribution < 1.29 is 5.11 Å². The average molecular weight is 222 g/mol. The molecular weight excluding hydrogens is 200 g/mol. The lowest BCUT2D eigenvalue weighted by Crippen LogP contribution is -2.31. The largest absolute Gasteiger partial charge is 0.389 e. The standard InChI is InChI=1S/C13H22N2O/c1-11-4-3-7-13(16,8-5-11)10-12-6-9-15(2)14-12/h6,9,11,16H,3-5,7-8,10H2,1-2H3. The minimum Gasteiger partial charge on any atom is -0.389 e. The molecule has 2 atom stereocenters. The maximum absolute atomic E-state index is 10.6. The Labute approximate surface area is 97.5 Å². The third kappa shape index (κ3) is 2.85. The van der Waals surface area contributed by atoms with Crippen molar-refractivity contribution >= 4 is 0 Å². The molecule has 16 heavy (non-hydrogen) atoms. The average Bonchev–Trinajstić information content (AvgIpc) is 2.53. The molecule has 0 spiro atoms. The molecule has 0 aliphatic heterocycles. The van der Waals surface area contributed by atoms with Crippen molar-refractivity contribution in [1.82, 2.24) is 9.78 Å². The highest BCUT2D eigenvalue weighted by Gasteiger charge is 2.30. The van der Waals surface area contributed by atoms with Gasteiger partial charge in [0.15, 0.2) is 0 Å². The van der Waals surface area contributed by atoms with Crippen LogP contribution >= 0.6 is 0 Å². The fraction of sp³-hybridized carbons (Fsp3) is 0.769. The maximum atomic E-state index is 10.6. The van der Waals surface area contributed by atoms with E-state index in [0.29, 0.717) is 6.42 Å². The third-order valence-electron chi connectivity index (χ3n) is 3.72. The highest BCUT2D eigenvalue weighted by atomic mass is 16.3. The van der Waals surface area contributed by atoms with Crippen LogP contribution in [0.2, 0.25) is 0 Å². The number of hydrogen-bond donors (Lipinski definition) is 1. The van der Waals surface area contributed by atoms with Crippen LogP contribution in [0.5, 0.6) is 0 Å². The summed E-state index contributed by atoms with van der Waals surface area (Å²) >= 11 is 0. The van der Waals surface area contributed by atoms with E-state index in [9.17, 15) is 5.11 Å². The molecule has 1 aliphatic carbocycles. The van der Waals surface area contributed by atoms with Crippen LogP contribution in [0.4, 0.5) is 0 Å². The van der Waals surface area contributed by atoms with E-state index in [0.717, 1.165) is 37.3 Å². The molecule has 1 aromatic heterocycles. The summed E-state index contributed by atoms with van der Waals surface area (Å²) in [7, 11) is 1.92. The van der Waals surface area contributed by atoms with Crippen LogP contribution in [0.1, 0.15) is 44.7 Å². The van der Waals surface area contributed by atoms with Crippen molar-refractivity contribution in [2.45, 2.75) is 51.0 Å². The third-order valence-corrected chi connectivity index (χ3v) is 3.72. The zero-order chi connectivity index (χ0) is 11.6. The lowest BCUT2D eigenvalue weighted by molar-refractivity contribution is 0.0234. The molecule has 90 valence electrons. The summed E-state index contributed by atoms with van der Waals surface area (Å²) in [4.78, 5) is 0. The number of rotatable bonds is 2. The second-order valence-electron chi connectivity index (χ2n) is 5.42. The molecule has 0 bridgehead atoms. The Morgan fingerprint density at radius 2 is 2.31 bits per heavy atom. The summed E-state index contributed by atoms with van der Waals surface area (Å²) in [6.07, 6.45) is 8.04. The van der Waals surface area contributed by atoms with E-state index in [1.165, 1.54) is 6.42 Å². The van der Waals surface area contributed by atoms with Crippen LogP contribution in [0, 0.1) is 5.92 Å². The first-order chi connectivity index (χ1) is 7.57. The van der Waals surface area contributed by atoms with Crippen molar-refractivity contribution in [3.63, 3.8) is 0 Å². The molecule has 0 saturated heterocycles. The van der Waals surface area contributed by atoms with Gasteiger partial charge >= 0.3 is 0 Å². The number of aryl methyl sites for hydroxylation is 1. The van der Waals surface area contributed by atoms with Gasteiger partial charge in [-0.1, -0.05) is 19.8 Å². The fourth-order valence-corrected chi connectivity index (χ4v) is 2.64. The van der Waals surface area contributed by atoms with E-state index >= 15 is 0 Å². The van der Waals surface area contributed by atoms with Crippen molar-refractivity contribution in [3.05, 3.63) is 18.0 Å². The molecule has 2 rings (SSSR count). The SMILES string of the molecule is CC1CCCC(O)(Cc2ccn(C)n2)CC1. The van der Waals surface area contributed by atoms with Gasteiger partial charge in [0.1, 0.15) is 0 Å². The Hall–Kier alpha value is -0.830. The predicted molar refractivity (Wildman–Crippen MR) is 64.1 cm³/mol. The number of hydrogen-bond acceptors (Lipinski definition) is 2. The highest BCUT2D eigenvalue weighted by Crippen LogP contribution is 2.32. The van der Waals surface area contributed by atoms with Gasteiger partial charge in [0, 0.05) is 19.7 Å². The van der Waals surface area contributed by atoms with Gasteiger partial charge in [-0.15, -0.1) is 0 Å². The zero-order valence-corrected chi connectivity index (χ0v) is 10.3. The zero-order valence-electron chi connectivity index (χ0n) is 10.3. The van der Waals surface area contributed by atoms with Crippen LogP contribution in [-0.2, 0) is 13.5 Å². The van der Waals surface area contributed by atoms with Crippen LogP contribution < -0.4 is 0 Å². The molecule has 1 N–H and O–H groups in total. The molecular formula is C13H22N2O. The molecule has 3 nitrogen and oxygen atoms in total. The molecule has 1 aromatic rings. The molecule has 1 saturated carbocycles. The van der Waals surface area contributed by atoms with E-state index in [2.05, 4.69) is 12.0 Å². The first kappa shape index (κ1) is 11.6. The lowest BCUT2D eigenvalue weighted by Gasteiger charge is -2.25. The number of aliphatic hydroxyl groups is 1. The fourth-order valence-electron chi connectivity index (χ4n) is 2.64. The Morgan fingerprint density at radius 3 is 3.00 bits per heavy atom. The quantitative estimate of drug-likeness (QED) is 0.780. The van der Waals surface area contributed by atoms with Gasteiger partial charge < -0.3 is 5.11 Å². The Balaban J connectivity index is 2.01. The highest BCUT2D eigenvalue weighted by molar-refractivity contribution is 5.04. The monoisotopic (exact) mass is 222 g/mol. The van der Waals surface area contributed by atoms with Crippen LogP contribution in [0.25, 0.3) is 0 Å². The van der Waals surface area contributed by atoms with E-state index in [1.807, 2.05) is 19.3 Å². The molecule has 0 radical (unpaired) electrons. The molecule has 1 fully saturated rings. The summed E-state index contributed by atoms with van der Waals surface area (Å²) in [5, 5.41) is 14.9. The summed E-state index contributed by atoms with van der Waals surface area (Å²) < 4.78 is 1.80.